The van der Waals surface area contributed by atoms with Gasteiger partial charge < -0.3 is 10.4 Å². The number of halogens is 2. The molecule has 0 aliphatic carbocycles. The fourth-order valence-electron chi connectivity index (χ4n) is 1.87. The Balaban J connectivity index is 2.93. The van der Waals surface area contributed by atoms with Crippen LogP contribution in [-0.4, -0.2) is 17.7 Å². The van der Waals surface area contributed by atoms with E-state index in [0.29, 0.717) is 22.2 Å². The van der Waals surface area contributed by atoms with Crippen LogP contribution in [0.25, 0.3) is 0 Å². The van der Waals surface area contributed by atoms with E-state index in [1.54, 1.807) is 24.3 Å². The summed E-state index contributed by atoms with van der Waals surface area (Å²) in [6.07, 6.45) is 1.10. The first-order valence-corrected chi connectivity index (χ1v) is 6.70. The van der Waals surface area contributed by atoms with Gasteiger partial charge in [-0.25, -0.2) is 0 Å². The molecule has 2 nitrogen and oxygen atoms in total. The van der Waals surface area contributed by atoms with Crippen molar-refractivity contribution in [2.24, 2.45) is 5.92 Å². The minimum atomic E-state index is -0.672. The predicted molar refractivity (Wildman–Crippen MR) is 78.2 cm³/mol. The molecule has 0 saturated carbocycles. The molecular formula is C14H19Cl2NO. The Kier molecular flexibility index (Phi) is 6.16. The quantitative estimate of drug-likeness (QED) is 0.780. The molecule has 1 aromatic carbocycles. The van der Waals surface area contributed by atoms with E-state index in [4.69, 9.17) is 23.2 Å². The summed E-state index contributed by atoms with van der Waals surface area (Å²) in [4.78, 5) is 0. The van der Waals surface area contributed by atoms with Crippen molar-refractivity contribution >= 4 is 23.2 Å². The molecule has 0 amide bonds. The summed E-state index contributed by atoms with van der Waals surface area (Å²) in [6.45, 7) is 8.41. The summed E-state index contributed by atoms with van der Waals surface area (Å²) in [5.74, 6) is 0.270. The molecule has 0 fully saturated rings. The number of hydrogen-bond donors (Lipinski definition) is 2. The molecule has 0 aromatic heterocycles. The fourth-order valence-corrected chi connectivity index (χ4v) is 2.39. The highest BCUT2D eigenvalue weighted by Gasteiger charge is 2.24. The first kappa shape index (κ1) is 15.5. The maximum atomic E-state index is 10.4. The van der Waals surface area contributed by atoms with E-state index in [1.165, 1.54) is 0 Å². The van der Waals surface area contributed by atoms with Crippen LogP contribution in [0.3, 0.4) is 0 Å². The minimum absolute atomic E-state index is 0.0818. The Labute approximate surface area is 119 Å². The molecule has 1 aromatic rings. The van der Waals surface area contributed by atoms with E-state index in [1.807, 2.05) is 13.8 Å². The first-order valence-electron chi connectivity index (χ1n) is 5.94. The highest BCUT2D eigenvalue weighted by Crippen LogP contribution is 2.30. The molecule has 2 atom stereocenters. The molecule has 0 spiro atoms. The van der Waals surface area contributed by atoms with Gasteiger partial charge in [0.1, 0.15) is 0 Å². The van der Waals surface area contributed by atoms with Crippen LogP contribution in [0.4, 0.5) is 0 Å². The molecule has 2 N–H and O–H groups in total. The predicted octanol–water partition coefficient (Wildman–Crippen LogP) is 3.83. The Bertz CT molecular complexity index is 407. The third-order valence-corrected chi connectivity index (χ3v) is 3.40. The van der Waals surface area contributed by atoms with Crippen molar-refractivity contribution in [2.45, 2.75) is 26.0 Å². The Morgan fingerprint density at radius 1 is 1.39 bits per heavy atom. The smallest absolute Gasteiger partial charge is 0.0959 e. The molecule has 2 unspecified atom stereocenters. The van der Waals surface area contributed by atoms with Gasteiger partial charge in [0.15, 0.2) is 0 Å². The summed E-state index contributed by atoms with van der Waals surface area (Å²) in [5, 5.41) is 14.7. The van der Waals surface area contributed by atoms with Crippen molar-refractivity contribution in [1.82, 2.24) is 5.32 Å². The Morgan fingerprint density at radius 3 is 2.56 bits per heavy atom. The zero-order valence-electron chi connectivity index (χ0n) is 10.7. The van der Waals surface area contributed by atoms with Crippen LogP contribution < -0.4 is 5.32 Å². The standard InChI is InChI=1S/C14H19Cl2NO/c1-4-7-17-13(9(2)3)14(18)11-6-5-10(15)8-12(11)16/h4-6,8-9,13-14,17-18H,1,7H2,2-3H3. The van der Waals surface area contributed by atoms with Crippen LogP contribution in [-0.2, 0) is 0 Å². The lowest BCUT2D eigenvalue weighted by Gasteiger charge is -2.28. The van der Waals surface area contributed by atoms with Crippen LogP contribution in [0.15, 0.2) is 30.9 Å². The third-order valence-electron chi connectivity index (χ3n) is 2.84. The van der Waals surface area contributed by atoms with Crippen molar-refractivity contribution < 1.29 is 5.11 Å². The monoisotopic (exact) mass is 287 g/mol. The molecular weight excluding hydrogens is 269 g/mol. The molecule has 4 heteroatoms. The first-order chi connectivity index (χ1) is 8.47. The average Bonchev–Trinajstić information content (AvgIpc) is 2.28. The van der Waals surface area contributed by atoms with Crippen molar-refractivity contribution in [3.05, 3.63) is 46.5 Å². The van der Waals surface area contributed by atoms with Crippen LogP contribution in [0.5, 0.6) is 0 Å². The summed E-state index contributed by atoms with van der Waals surface area (Å²) < 4.78 is 0. The van der Waals surface area contributed by atoms with Crippen LogP contribution in [0.1, 0.15) is 25.5 Å². The summed E-state index contributed by atoms with van der Waals surface area (Å²) in [5.41, 5.74) is 0.691. The molecule has 0 bridgehead atoms. The average molecular weight is 288 g/mol. The van der Waals surface area contributed by atoms with E-state index < -0.39 is 6.10 Å². The molecule has 0 aliphatic heterocycles. The largest absolute Gasteiger partial charge is 0.387 e. The van der Waals surface area contributed by atoms with E-state index in [2.05, 4.69) is 11.9 Å². The van der Waals surface area contributed by atoms with Gasteiger partial charge in [-0.15, -0.1) is 6.58 Å². The summed E-state index contributed by atoms with van der Waals surface area (Å²) in [7, 11) is 0. The number of aliphatic hydroxyl groups excluding tert-OH is 1. The lowest BCUT2D eigenvalue weighted by atomic mass is 9.93. The maximum Gasteiger partial charge on any atom is 0.0959 e. The molecule has 0 aliphatic rings. The highest BCUT2D eigenvalue weighted by atomic mass is 35.5. The molecule has 0 heterocycles. The van der Waals surface area contributed by atoms with E-state index in [-0.39, 0.29) is 12.0 Å². The highest BCUT2D eigenvalue weighted by molar-refractivity contribution is 6.35. The molecule has 100 valence electrons. The molecule has 0 radical (unpaired) electrons. The number of aliphatic hydroxyl groups is 1. The van der Waals surface area contributed by atoms with Crippen molar-refractivity contribution in [1.29, 1.82) is 0 Å². The lowest BCUT2D eigenvalue weighted by Crippen LogP contribution is -2.39. The van der Waals surface area contributed by atoms with Gasteiger partial charge >= 0.3 is 0 Å². The molecule has 1 rings (SSSR count). The zero-order chi connectivity index (χ0) is 13.7. The van der Waals surface area contributed by atoms with E-state index in [9.17, 15) is 5.11 Å². The number of rotatable bonds is 6. The van der Waals surface area contributed by atoms with E-state index in [0.717, 1.165) is 0 Å². The van der Waals surface area contributed by atoms with Crippen molar-refractivity contribution in [2.75, 3.05) is 6.54 Å². The fraction of sp³-hybridized carbons (Fsp3) is 0.429. The second-order valence-corrected chi connectivity index (χ2v) is 5.42. The molecule has 0 saturated heterocycles. The third kappa shape index (κ3) is 3.99. The van der Waals surface area contributed by atoms with Crippen molar-refractivity contribution in [3.8, 4) is 0 Å². The SMILES string of the molecule is C=CCNC(C(C)C)C(O)c1ccc(Cl)cc1Cl. The second kappa shape index (κ2) is 7.15. The number of nitrogens with one attached hydrogen (secondary N) is 1. The van der Waals surface area contributed by atoms with Gasteiger partial charge in [0.2, 0.25) is 0 Å². The van der Waals surface area contributed by atoms with Gasteiger partial charge in [-0.3, -0.25) is 0 Å². The second-order valence-electron chi connectivity index (χ2n) is 4.58. The van der Waals surface area contributed by atoms with Crippen molar-refractivity contribution in [3.63, 3.8) is 0 Å². The number of hydrogen-bond acceptors (Lipinski definition) is 2. The number of benzene rings is 1. The van der Waals surface area contributed by atoms with Gasteiger partial charge in [-0.05, 0) is 18.1 Å². The minimum Gasteiger partial charge on any atom is -0.387 e. The normalized spacial score (nSPS) is 14.6. The summed E-state index contributed by atoms with van der Waals surface area (Å²) in [6, 6.07) is 5.06. The maximum absolute atomic E-state index is 10.4. The van der Waals surface area contributed by atoms with E-state index >= 15 is 0 Å². The van der Waals surface area contributed by atoms with Crippen LogP contribution >= 0.6 is 23.2 Å². The van der Waals surface area contributed by atoms with Gasteiger partial charge in [0, 0.05) is 28.2 Å². The van der Waals surface area contributed by atoms with Gasteiger partial charge in [0.05, 0.1) is 6.10 Å². The van der Waals surface area contributed by atoms with Gasteiger partial charge in [-0.1, -0.05) is 49.2 Å². The van der Waals surface area contributed by atoms with Gasteiger partial charge in [0.25, 0.3) is 0 Å². The lowest BCUT2D eigenvalue weighted by molar-refractivity contribution is 0.107. The zero-order valence-corrected chi connectivity index (χ0v) is 12.2. The van der Waals surface area contributed by atoms with Crippen LogP contribution in [0, 0.1) is 5.92 Å². The Hall–Kier alpha value is -0.540. The topological polar surface area (TPSA) is 32.3 Å². The Morgan fingerprint density at radius 2 is 2.06 bits per heavy atom. The van der Waals surface area contributed by atoms with Crippen LogP contribution in [0.2, 0.25) is 10.0 Å². The molecule has 18 heavy (non-hydrogen) atoms. The summed E-state index contributed by atoms with van der Waals surface area (Å²) >= 11 is 12.0. The van der Waals surface area contributed by atoms with Gasteiger partial charge in [-0.2, -0.15) is 0 Å².